The van der Waals surface area contributed by atoms with Crippen LogP contribution in [-0.4, -0.2) is 5.97 Å². The van der Waals surface area contributed by atoms with Crippen LogP contribution in [0.4, 0.5) is 17.1 Å². The number of para-hydroxylation sites is 1. The van der Waals surface area contributed by atoms with E-state index in [-0.39, 0.29) is 0 Å². The molecular formula is C47H41NO2. The van der Waals surface area contributed by atoms with Crippen molar-refractivity contribution in [2.75, 3.05) is 4.90 Å². The SMILES string of the molecule is CCc1ccc(C(C)C)cc1-c1ccc(OC(=O)c2ccc(N(c3ccccc3)c3cccc4ccccc34)cc2)c(-c2ccc(C)cc2)c1. The van der Waals surface area contributed by atoms with E-state index >= 15 is 0 Å². The van der Waals surface area contributed by atoms with Crippen LogP contribution in [0.15, 0.2) is 158 Å². The molecular weight excluding hydrogens is 611 g/mol. The van der Waals surface area contributed by atoms with Gasteiger partial charge in [0.05, 0.1) is 11.3 Å². The van der Waals surface area contributed by atoms with Gasteiger partial charge in [-0.1, -0.05) is 129 Å². The second-order valence-corrected chi connectivity index (χ2v) is 13.1. The van der Waals surface area contributed by atoms with Crippen molar-refractivity contribution in [3.8, 4) is 28.0 Å². The molecule has 7 aromatic carbocycles. The smallest absolute Gasteiger partial charge is 0.343 e. The molecule has 0 aliphatic carbocycles. The van der Waals surface area contributed by atoms with Gasteiger partial charge in [0.1, 0.15) is 5.75 Å². The van der Waals surface area contributed by atoms with E-state index in [2.05, 4.69) is 142 Å². The fourth-order valence-corrected chi connectivity index (χ4v) is 6.59. The van der Waals surface area contributed by atoms with Crippen LogP contribution in [0.2, 0.25) is 0 Å². The summed E-state index contributed by atoms with van der Waals surface area (Å²) in [6.07, 6.45) is 0.933. The van der Waals surface area contributed by atoms with Crippen LogP contribution in [0.5, 0.6) is 5.75 Å². The number of rotatable bonds is 9. The van der Waals surface area contributed by atoms with Gasteiger partial charge < -0.3 is 9.64 Å². The Bertz CT molecular complexity index is 2260. The third-order valence-corrected chi connectivity index (χ3v) is 9.42. The summed E-state index contributed by atoms with van der Waals surface area (Å²) < 4.78 is 6.20. The molecule has 0 aromatic heterocycles. The number of hydrogen-bond acceptors (Lipinski definition) is 3. The third kappa shape index (κ3) is 6.68. The van der Waals surface area contributed by atoms with Gasteiger partial charge in [0.25, 0.3) is 0 Å². The van der Waals surface area contributed by atoms with Crippen LogP contribution in [0, 0.1) is 6.92 Å². The lowest BCUT2D eigenvalue weighted by atomic mass is 9.90. The largest absolute Gasteiger partial charge is 0.422 e. The molecule has 0 spiro atoms. The van der Waals surface area contributed by atoms with Gasteiger partial charge in [-0.05, 0) is 107 Å². The lowest BCUT2D eigenvalue weighted by Crippen LogP contribution is -2.12. The first-order valence-corrected chi connectivity index (χ1v) is 17.4. The lowest BCUT2D eigenvalue weighted by molar-refractivity contribution is 0.0735. The van der Waals surface area contributed by atoms with Crippen LogP contribution in [0.25, 0.3) is 33.0 Å². The van der Waals surface area contributed by atoms with E-state index in [1.807, 2.05) is 48.5 Å². The fourth-order valence-electron chi connectivity index (χ4n) is 6.59. The molecule has 7 rings (SSSR count). The molecule has 0 saturated heterocycles. The molecule has 0 aliphatic heterocycles. The molecule has 50 heavy (non-hydrogen) atoms. The van der Waals surface area contributed by atoms with E-state index in [0.717, 1.165) is 45.6 Å². The molecule has 0 fully saturated rings. The van der Waals surface area contributed by atoms with Crippen molar-refractivity contribution in [2.45, 2.75) is 40.0 Å². The highest BCUT2D eigenvalue weighted by atomic mass is 16.5. The summed E-state index contributed by atoms with van der Waals surface area (Å²) in [5.74, 6) is 0.561. The Morgan fingerprint density at radius 3 is 2.06 bits per heavy atom. The Kier molecular flexibility index (Phi) is 9.31. The van der Waals surface area contributed by atoms with Crippen molar-refractivity contribution in [2.24, 2.45) is 0 Å². The topological polar surface area (TPSA) is 29.5 Å². The van der Waals surface area contributed by atoms with Gasteiger partial charge in [0, 0.05) is 22.3 Å². The Balaban J connectivity index is 1.24. The monoisotopic (exact) mass is 651 g/mol. The highest BCUT2D eigenvalue weighted by molar-refractivity contribution is 5.99. The van der Waals surface area contributed by atoms with Crippen molar-refractivity contribution >= 4 is 33.8 Å². The molecule has 0 N–H and O–H groups in total. The number of hydrogen-bond donors (Lipinski definition) is 0. The summed E-state index contributed by atoms with van der Waals surface area (Å²) in [5, 5.41) is 2.32. The first-order valence-electron chi connectivity index (χ1n) is 17.4. The van der Waals surface area contributed by atoms with Crippen LogP contribution in [-0.2, 0) is 6.42 Å². The van der Waals surface area contributed by atoms with Gasteiger partial charge in [0.2, 0.25) is 0 Å². The number of anilines is 3. The van der Waals surface area contributed by atoms with Crippen molar-refractivity contribution in [1.29, 1.82) is 0 Å². The minimum absolute atomic E-state index is 0.398. The normalized spacial score (nSPS) is 11.1. The van der Waals surface area contributed by atoms with Gasteiger partial charge in [-0.3, -0.25) is 0 Å². The summed E-state index contributed by atoms with van der Waals surface area (Å²) in [5.41, 5.74) is 11.5. The maximum Gasteiger partial charge on any atom is 0.343 e. The van der Waals surface area contributed by atoms with Gasteiger partial charge in [0.15, 0.2) is 0 Å². The Morgan fingerprint density at radius 2 is 1.32 bits per heavy atom. The summed E-state index contributed by atoms with van der Waals surface area (Å²) in [6.45, 7) is 8.72. The van der Waals surface area contributed by atoms with Gasteiger partial charge >= 0.3 is 5.97 Å². The average molecular weight is 652 g/mol. The van der Waals surface area contributed by atoms with E-state index < -0.39 is 5.97 Å². The predicted molar refractivity (Wildman–Crippen MR) is 209 cm³/mol. The Hall–Kier alpha value is -5.93. The number of benzene rings is 7. The molecule has 0 atom stereocenters. The van der Waals surface area contributed by atoms with E-state index in [4.69, 9.17) is 4.74 Å². The van der Waals surface area contributed by atoms with Crippen LogP contribution < -0.4 is 9.64 Å². The second kappa shape index (κ2) is 14.3. The molecule has 0 amide bonds. The van der Waals surface area contributed by atoms with E-state index in [9.17, 15) is 4.79 Å². The first kappa shape index (κ1) is 32.6. The van der Waals surface area contributed by atoms with Crippen LogP contribution >= 0.6 is 0 Å². The Labute approximate surface area is 295 Å². The van der Waals surface area contributed by atoms with Crippen LogP contribution in [0.1, 0.15) is 53.7 Å². The standard InChI is InChI=1S/C47H41NO2/c1-5-34-22-23-38(32(2)3)30-43(34)39-26-29-46(44(31-39)36-20-18-33(4)19-21-36)50-47(49)37-24-27-41(28-25-37)48(40-14-7-6-8-15-40)45-17-11-13-35-12-9-10-16-42(35)45/h6-32H,5H2,1-4H3. The lowest BCUT2D eigenvalue weighted by Gasteiger charge is -2.27. The van der Waals surface area contributed by atoms with Gasteiger partial charge in [-0.15, -0.1) is 0 Å². The van der Waals surface area contributed by atoms with Crippen molar-refractivity contribution < 1.29 is 9.53 Å². The average Bonchev–Trinajstić information content (AvgIpc) is 3.16. The third-order valence-electron chi connectivity index (χ3n) is 9.42. The van der Waals surface area contributed by atoms with Crippen molar-refractivity contribution in [3.05, 3.63) is 180 Å². The summed E-state index contributed by atoms with van der Waals surface area (Å²) in [4.78, 5) is 16.0. The number of carbonyl (C=O) groups excluding carboxylic acids is 1. The Morgan fingerprint density at radius 1 is 0.640 bits per heavy atom. The van der Waals surface area contributed by atoms with E-state index in [1.165, 1.54) is 27.6 Å². The molecule has 3 nitrogen and oxygen atoms in total. The molecule has 246 valence electrons. The molecule has 0 heterocycles. The number of carbonyl (C=O) groups is 1. The minimum atomic E-state index is -0.398. The fraction of sp³-hybridized carbons (Fsp3) is 0.128. The van der Waals surface area contributed by atoms with E-state index in [1.54, 1.807) is 0 Å². The number of fused-ring (bicyclic) bond motifs is 1. The molecule has 0 radical (unpaired) electrons. The van der Waals surface area contributed by atoms with Crippen molar-refractivity contribution in [3.63, 3.8) is 0 Å². The first-order chi connectivity index (χ1) is 24.4. The molecule has 3 heteroatoms. The second-order valence-electron chi connectivity index (χ2n) is 13.1. The van der Waals surface area contributed by atoms with Crippen molar-refractivity contribution in [1.82, 2.24) is 0 Å². The zero-order valence-electron chi connectivity index (χ0n) is 29.1. The molecule has 0 unspecified atom stereocenters. The maximum absolute atomic E-state index is 13.8. The molecule has 7 aromatic rings. The van der Waals surface area contributed by atoms with Crippen LogP contribution in [0.3, 0.4) is 0 Å². The molecule has 0 saturated carbocycles. The number of nitrogens with zero attached hydrogens (tertiary/aromatic N) is 1. The zero-order chi connectivity index (χ0) is 34.6. The maximum atomic E-state index is 13.8. The highest BCUT2D eigenvalue weighted by Gasteiger charge is 2.19. The summed E-state index contributed by atoms with van der Waals surface area (Å²) >= 11 is 0. The van der Waals surface area contributed by atoms with Gasteiger partial charge in [-0.2, -0.15) is 0 Å². The summed E-state index contributed by atoms with van der Waals surface area (Å²) in [7, 11) is 0. The number of aryl methyl sites for hydroxylation is 2. The zero-order valence-corrected chi connectivity index (χ0v) is 29.1. The molecule has 0 aliphatic rings. The number of esters is 1. The van der Waals surface area contributed by atoms with E-state index in [0.29, 0.717) is 17.2 Å². The summed E-state index contributed by atoms with van der Waals surface area (Å²) in [6, 6.07) is 54.1. The molecule has 0 bridgehead atoms. The minimum Gasteiger partial charge on any atom is -0.422 e. The predicted octanol–water partition coefficient (Wildman–Crippen LogP) is 12.9. The number of ether oxygens (including phenoxy) is 1. The highest BCUT2D eigenvalue weighted by Crippen LogP contribution is 2.40. The quantitative estimate of drug-likeness (QED) is 0.115. The van der Waals surface area contributed by atoms with Gasteiger partial charge in [-0.25, -0.2) is 4.79 Å².